The van der Waals surface area contributed by atoms with E-state index in [0.29, 0.717) is 4.60 Å². The molecule has 0 aliphatic carbocycles. The first kappa shape index (κ1) is 8.31. The molecule has 13 heavy (non-hydrogen) atoms. The Morgan fingerprint density at radius 2 is 1.92 bits per heavy atom. The van der Waals surface area contributed by atoms with Crippen LogP contribution in [-0.2, 0) is 0 Å². The third kappa shape index (κ3) is 1.58. The van der Waals surface area contributed by atoms with Crippen LogP contribution in [0.5, 0.6) is 5.75 Å². The fourth-order valence-corrected chi connectivity index (χ4v) is 1.46. The second-order valence-corrected chi connectivity index (χ2v) is 3.32. The van der Waals surface area contributed by atoms with Crippen molar-refractivity contribution in [2.24, 2.45) is 0 Å². The summed E-state index contributed by atoms with van der Waals surface area (Å²) in [6.45, 7) is 0. The highest BCUT2D eigenvalue weighted by molar-refractivity contribution is 9.10. The molecular formula is C9H6BrNO2. The van der Waals surface area contributed by atoms with Gasteiger partial charge in [0.1, 0.15) is 12.0 Å². The van der Waals surface area contributed by atoms with Gasteiger partial charge in [-0.1, -0.05) is 17.3 Å². The molecule has 0 bridgehead atoms. The Labute approximate surface area is 83.1 Å². The van der Waals surface area contributed by atoms with E-state index in [0.717, 1.165) is 11.1 Å². The van der Waals surface area contributed by atoms with Crippen LogP contribution in [0.15, 0.2) is 39.7 Å². The summed E-state index contributed by atoms with van der Waals surface area (Å²) in [6.07, 6.45) is 1.55. The normalized spacial score (nSPS) is 10.2. The molecule has 3 nitrogen and oxygen atoms in total. The van der Waals surface area contributed by atoms with E-state index in [9.17, 15) is 0 Å². The van der Waals surface area contributed by atoms with Crippen molar-refractivity contribution in [2.45, 2.75) is 0 Å². The van der Waals surface area contributed by atoms with Crippen molar-refractivity contribution in [3.8, 4) is 16.9 Å². The Morgan fingerprint density at radius 3 is 2.46 bits per heavy atom. The first-order valence-corrected chi connectivity index (χ1v) is 4.46. The lowest BCUT2D eigenvalue weighted by Crippen LogP contribution is -1.74. The third-order valence-corrected chi connectivity index (χ3v) is 2.28. The number of benzene rings is 1. The van der Waals surface area contributed by atoms with E-state index in [4.69, 9.17) is 9.63 Å². The van der Waals surface area contributed by atoms with Gasteiger partial charge in [0, 0.05) is 0 Å². The van der Waals surface area contributed by atoms with Gasteiger partial charge in [0.25, 0.3) is 0 Å². The summed E-state index contributed by atoms with van der Waals surface area (Å²) < 4.78 is 5.44. The molecule has 0 radical (unpaired) electrons. The molecule has 0 aliphatic heterocycles. The molecule has 1 heterocycles. The molecule has 0 fully saturated rings. The van der Waals surface area contributed by atoms with E-state index in [1.165, 1.54) is 0 Å². The molecule has 0 spiro atoms. The molecule has 4 heteroatoms. The van der Waals surface area contributed by atoms with Crippen LogP contribution < -0.4 is 0 Å². The number of hydrogen-bond donors (Lipinski definition) is 1. The topological polar surface area (TPSA) is 46.3 Å². The minimum atomic E-state index is 0.247. The molecule has 0 amide bonds. The summed E-state index contributed by atoms with van der Waals surface area (Å²) in [5.74, 6) is 0.247. The summed E-state index contributed by atoms with van der Waals surface area (Å²) in [7, 11) is 0. The Hall–Kier alpha value is -1.29. The highest BCUT2D eigenvalue weighted by atomic mass is 79.9. The van der Waals surface area contributed by atoms with Crippen LogP contribution in [0.1, 0.15) is 0 Å². The van der Waals surface area contributed by atoms with Crippen molar-refractivity contribution >= 4 is 15.9 Å². The lowest BCUT2D eigenvalue weighted by Gasteiger charge is -1.96. The smallest absolute Gasteiger partial charge is 0.157 e. The van der Waals surface area contributed by atoms with Gasteiger partial charge in [-0.15, -0.1) is 0 Å². The van der Waals surface area contributed by atoms with Crippen LogP contribution >= 0.6 is 15.9 Å². The Kier molecular flexibility index (Phi) is 2.06. The summed E-state index contributed by atoms with van der Waals surface area (Å²) in [5, 5.41) is 12.8. The third-order valence-electron chi connectivity index (χ3n) is 1.70. The predicted molar refractivity (Wildman–Crippen MR) is 51.3 cm³/mol. The van der Waals surface area contributed by atoms with Gasteiger partial charge in [-0.2, -0.15) is 0 Å². The van der Waals surface area contributed by atoms with Crippen molar-refractivity contribution < 1.29 is 9.63 Å². The molecule has 2 rings (SSSR count). The number of rotatable bonds is 1. The maximum absolute atomic E-state index is 9.07. The van der Waals surface area contributed by atoms with Gasteiger partial charge in [-0.25, -0.2) is 0 Å². The van der Waals surface area contributed by atoms with Crippen molar-refractivity contribution in [2.75, 3.05) is 0 Å². The van der Waals surface area contributed by atoms with Crippen molar-refractivity contribution in [1.82, 2.24) is 5.16 Å². The fourth-order valence-electron chi connectivity index (χ4n) is 1.05. The maximum Gasteiger partial charge on any atom is 0.157 e. The summed E-state index contributed by atoms with van der Waals surface area (Å²) in [6, 6.07) is 6.84. The first-order chi connectivity index (χ1) is 6.27. The largest absolute Gasteiger partial charge is 0.508 e. The molecule has 0 unspecified atom stereocenters. The molecule has 0 saturated heterocycles. The van der Waals surface area contributed by atoms with Crippen molar-refractivity contribution in [1.29, 1.82) is 0 Å². The van der Waals surface area contributed by atoms with E-state index in [-0.39, 0.29) is 5.75 Å². The van der Waals surface area contributed by atoms with E-state index < -0.39 is 0 Å². The number of phenols is 1. The van der Waals surface area contributed by atoms with Gasteiger partial charge in [-0.05, 0) is 33.6 Å². The van der Waals surface area contributed by atoms with Crippen LogP contribution in [0.4, 0.5) is 0 Å². The minimum absolute atomic E-state index is 0.247. The number of aromatic nitrogens is 1. The van der Waals surface area contributed by atoms with Gasteiger partial charge in [0.15, 0.2) is 4.60 Å². The minimum Gasteiger partial charge on any atom is -0.508 e. The summed E-state index contributed by atoms with van der Waals surface area (Å²) in [4.78, 5) is 0. The SMILES string of the molecule is Oc1ccc(-c2conc2Br)cc1. The second kappa shape index (κ2) is 3.22. The van der Waals surface area contributed by atoms with E-state index in [1.54, 1.807) is 30.5 Å². The average Bonchev–Trinajstić information content (AvgIpc) is 2.53. The molecule has 0 saturated carbocycles. The summed E-state index contributed by atoms with van der Waals surface area (Å²) in [5.41, 5.74) is 1.82. The lowest BCUT2D eigenvalue weighted by atomic mass is 10.1. The van der Waals surface area contributed by atoms with Crippen LogP contribution in [-0.4, -0.2) is 10.3 Å². The molecule has 1 aromatic carbocycles. The van der Waals surface area contributed by atoms with Crippen LogP contribution in [0.3, 0.4) is 0 Å². The van der Waals surface area contributed by atoms with Gasteiger partial charge < -0.3 is 9.63 Å². The van der Waals surface area contributed by atoms with E-state index in [1.807, 2.05) is 0 Å². The number of aromatic hydroxyl groups is 1. The Balaban J connectivity index is 2.47. The molecular weight excluding hydrogens is 234 g/mol. The first-order valence-electron chi connectivity index (χ1n) is 3.66. The zero-order valence-electron chi connectivity index (χ0n) is 6.57. The highest BCUT2D eigenvalue weighted by Gasteiger charge is 2.06. The molecule has 2 aromatic rings. The highest BCUT2D eigenvalue weighted by Crippen LogP contribution is 2.27. The summed E-state index contributed by atoms with van der Waals surface area (Å²) >= 11 is 3.25. The zero-order valence-corrected chi connectivity index (χ0v) is 8.15. The van der Waals surface area contributed by atoms with Gasteiger partial charge in [-0.3, -0.25) is 0 Å². The molecule has 1 N–H and O–H groups in total. The number of halogens is 1. The number of phenolic OH excluding ortho intramolecular Hbond substituents is 1. The quantitative estimate of drug-likeness (QED) is 0.833. The average molecular weight is 240 g/mol. The zero-order chi connectivity index (χ0) is 9.26. The van der Waals surface area contributed by atoms with Crippen LogP contribution in [0.25, 0.3) is 11.1 Å². The Bertz CT molecular complexity index is 408. The van der Waals surface area contributed by atoms with E-state index >= 15 is 0 Å². The second-order valence-electron chi connectivity index (χ2n) is 2.57. The fraction of sp³-hybridized carbons (Fsp3) is 0. The van der Waals surface area contributed by atoms with Crippen LogP contribution in [0, 0.1) is 0 Å². The number of nitrogens with zero attached hydrogens (tertiary/aromatic N) is 1. The van der Waals surface area contributed by atoms with Crippen molar-refractivity contribution in [3.63, 3.8) is 0 Å². The van der Waals surface area contributed by atoms with Crippen molar-refractivity contribution in [3.05, 3.63) is 35.1 Å². The predicted octanol–water partition coefficient (Wildman–Crippen LogP) is 2.81. The van der Waals surface area contributed by atoms with Gasteiger partial charge in [0.05, 0.1) is 5.56 Å². The lowest BCUT2D eigenvalue weighted by molar-refractivity contribution is 0.416. The number of hydrogen-bond acceptors (Lipinski definition) is 3. The molecule has 0 atom stereocenters. The molecule has 0 aliphatic rings. The standard InChI is InChI=1S/C9H6BrNO2/c10-9-8(5-13-11-9)6-1-3-7(12)4-2-6/h1-5,12H. The maximum atomic E-state index is 9.07. The molecule has 66 valence electrons. The Morgan fingerprint density at radius 1 is 1.23 bits per heavy atom. The van der Waals surface area contributed by atoms with E-state index in [2.05, 4.69) is 21.1 Å². The van der Waals surface area contributed by atoms with Crippen LogP contribution in [0.2, 0.25) is 0 Å². The van der Waals surface area contributed by atoms with Gasteiger partial charge >= 0.3 is 0 Å². The molecule has 1 aromatic heterocycles. The monoisotopic (exact) mass is 239 g/mol. The van der Waals surface area contributed by atoms with Gasteiger partial charge in [0.2, 0.25) is 0 Å².